The number of hydrogen-bond acceptors (Lipinski definition) is 5. The zero-order valence-corrected chi connectivity index (χ0v) is 15.0. The van der Waals surface area contributed by atoms with Crippen LogP contribution in [0.2, 0.25) is 0 Å². The predicted octanol–water partition coefficient (Wildman–Crippen LogP) is 3.65. The van der Waals surface area contributed by atoms with Crippen LogP contribution in [0.25, 0.3) is 16.6 Å². The van der Waals surface area contributed by atoms with Crippen LogP contribution in [0.15, 0.2) is 48.2 Å². The van der Waals surface area contributed by atoms with Crippen LogP contribution < -0.4 is 4.90 Å². The van der Waals surface area contributed by atoms with Crippen molar-refractivity contribution in [1.29, 1.82) is 5.41 Å². The molecule has 0 unspecified atom stereocenters. The summed E-state index contributed by atoms with van der Waals surface area (Å²) < 4.78 is 18.4. The summed E-state index contributed by atoms with van der Waals surface area (Å²) in [7, 11) is 0. The number of aliphatic hydroxyl groups excluding tert-OH is 1. The minimum absolute atomic E-state index is 0.0260. The first-order valence-corrected chi connectivity index (χ1v) is 8.69. The van der Waals surface area contributed by atoms with Crippen molar-refractivity contribution in [3.8, 4) is 0 Å². The van der Waals surface area contributed by atoms with Gasteiger partial charge in [-0.15, -0.1) is 0 Å². The highest BCUT2D eigenvalue weighted by molar-refractivity contribution is 6.30. The predicted molar refractivity (Wildman–Crippen MR) is 103 cm³/mol. The number of aromatic amines is 1. The molecule has 2 aromatic carbocycles. The number of aliphatic hydroxyl groups is 1. The van der Waals surface area contributed by atoms with Crippen LogP contribution in [0.1, 0.15) is 23.1 Å². The van der Waals surface area contributed by atoms with Gasteiger partial charge in [0.25, 0.3) is 0 Å². The lowest BCUT2D eigenvalue weighted by molar-refractivity contribution is 0.0526. The fourth-order valence-corrected chi connectivity index (χ4v) is 3.16. The van der Waals surface area contributed by atoms with E-state index in [1.807, 2.05) is 0 Å². The van der Waals surface area contributed by atoms with Gasteiger partial charge in [-0.3, -0.25) is 5.41 Å². The van der Waals surface area contributed by atoms with Crippen LogP contribution in [-0.2, 0) is 4.74 Å². The number of esters is 1. The second kappa shape index (κ2) is 6.80. The van der Waals surface area contributed by atoms with Gasteiger partial charge in [-0.2, -0.15) is 0 Å². The van der Waals surface area contributed by atoms with Crippen molar-refractivity contribution in [2.24, 2.45) is 0 Å². The number of carbonyl (C=O) groups excluding carboxylic acids is 1. The highest BCUT2D eigenvalue weighted by Crippen LogP contribution is 2.31. The molecular weight excluding hydrogens is 363 g/mol. The van der Waals surface area contributed by atoms with E-state index in [0.717, 1.165) is 0 Å². The van der Waals surface area contributed by atoms with Gasteiger partial charge in [-0.25, -0.2) is 14.2 Å². The lowest BCUT2D eigenvalue weighted by Gasteiger charge is -2.19. The number of nitrogens with zero attached hydrogens (tertiary/aromatic N) is 2. The van der Waals surface area contributed by atoms with E-state index in [1.165, 1.54) is 18.2 Å². The summed E-state index contributed by atoms with van der Waals surface area (Å²) in [6.07, 6.45) is 0. The van der Waals surface area contributed by atoms with Crippen LogP contribution in [-0.4, -0.2) is 40.0 Å². The Labute approximate surface area is 159 Å². The van der Waals surface area contributed by atoms with Crippen LogP contribution in [0.4, 0.5) is 10.1 Å². The summed E-state index contributed by atoms with van der Waals surface area (Å²) in [4.78, 5) is 20.8. The van der Waals surface area contributed by atoms with E-state index in [0.29, 0.717) is 22.3 Å². The van der Waals surface area contributed by atoms with E-state index in [9.17, 15) is 14.3 Å². The van der Waals surface area contributed by atoms with E-state index in [1.54, 1.807) is 36.1 Å². The molecule has 8 heteroatoms. The summed E-state index contributed by atoms with van der Waals surface area (Å²) >= 11 is 0. The number of hydrogen-bond donors (Lipinski definition) is 3. The molecular formula is C20H17FN4O3. The lowest BCUT2D eigenvalue weighted by atomic mass is 10.2. The normalized spacial score (nSPS) is 14.2. The number of ether oxygens (including phenoxy) is 1. The number of imidazole rings is 1. The first kappa shape index (κ1) is 17.7. The van der Waals surface area contributed by atoms with Crippen molar-refractivity contribution in [1.82, 2.24) is 9.97 Å². The quantitative estimate of drug-likeness (QED) is 0.600. The minimum Gasteiger partial charge on any atom is -0.509 e. The topological polar surface area (TPSA) is 102 Å². The number of halogens is 1. The molecule has 142 valence electrons. The number of anilines is 1. The average molecular weight is 380 g/mol. The molecule has 0 atom stereocenters. The molecule has 28 heavy (non-hydrogen) atoms. The van der Waals surface area contributed by atoms with E-state index in [4.69, 9.17) is 10.1 Å². The SMILES string of the molecule is CCOC(=O)c1cccc(N2CC(O)=C(c3nc4ccc(F)cc4[nH]3)C2=N)c1. The Bertz CT molecular complexity index is 1140. The van der Waals surface area contributed by atoms with E-state index < -0.39 is 11.8 Å². The van der Waals surface area contributed by atoms with Gasteiger partial charge in [0.1, 0.15) is 23.2 Å². The number of fused-ring (bicyclic) bond motifs is 1. The minimum atomic E-state index is -0.452. The third kappa shape index (κ3) is 2.98. The molecule has 0 fully saturated rings. The molecule has 0 saturated carbocycles. The Hall–Kier alpha value is -3.68. The number of rotatable bonds is 4. The van der Waals surface area contributed by atoms with Crippen molar-refractivity contribution in [2.45, 2.75) is 6.92 Å². The van der Waals surface area contributed by atoms with Crippen molar-refractivity contribution in [3.05, 3.63) is 65.4 Å². The van der Waals surface area contributed by atoms with Crippen molar-refractivity contribution >= 4 is 34.1 Å². The maximum Gasteiger partial charge on any atom is 0.338 e. The monoisotopic (exact) mass is 380 g/mol. The Morgan fingerprint density at radius 3 is 2.96 bits per heavy atom. The number of H-pyrrole nitrogens is 1. The second-order valence-corrected chi connectivity index (χ2v) is 6.27. The smallest absolute Gasteiger partial charge is 0.338 e. The standard InChI is InChI=1S/C20H17FN4O3/c1-2-28-20(27)11-4-3-5-13(8-11)25-10-16(26)17(18(25)22)19-23-14-7-6-12(21)9-15(14)24-19/h3-9,22,26H,2,10H2,1H3,(H,23,24). The number of amidine groups is 1. The first-order valence-electron chi connectivity index (χ1n) is 8.69. The molecule has 0 bridgehead atoms. The van der Waals surface area contributed by atoms with Crippen molar-refractivity contribution < 1.29 is 19.0 Å². The number of benzene rings is 2. The van der Waals surface area contributed by atoms with Crippen LogP contribution in [0.5, 0.6) is 0 Å². The maximum absolute atomic E-state index is 13.4. The number of carbonyl (C=O) groups is 1. The fraction of sp³-hybridized carbons (Fsp3) is 0.150. The molecule has 0 spiro atoms. The summed E-state index contributed by atoms with van der Waals surface area (Å²) in [5.41, 5.74) is 2.18. The van der Waals surface area contributed by atoms with Crippen molar-refractivity contribution in [2.75, 3.05) is 18.1 Å². The van der Waals surface area contributed by atoms with E-state index in [2.05, 4.69) is 9.97 Å². The van der Waals surface area contributed by atoms with Gasteiger partial charge >= 0.3 is 5.97 Å². The van der Waals surface area contributed by atoms with Gasteiger partial charge in [-0.05, 0) is 43.3 Å². The molecule has 1 aromatic heterocycles. The third-order valence-electron chi connectivity index (χ3n) is 4.45. The molecule has 0 amide bonds. The Morgan fingerprint density at radius 1 is 1.36 bits per heavy atom. The second-order valence-electron chi connectivity index (χ2n) is 6.27. The van der Waals surface area contributed by atoms with Gasteiger partial charge < -0.3 is 19.7 Å². The zero-order chi connectivity index (χ0) is 19.8. The Balaban J connectivity index is 1.66. The molecule has 0 aliphatic carbocycles. The van der Waals surface area contributed by atoms with Gasteiger partial charge in [0.05, 0.1) is 35.3 Å². The largest absolute Gasteiger partial charge is 0.509 e. The van der Waals surface area contributed by atoms with Gasteiger partial charge in [0.15, 0.2) is 0 Å². The van der Waals surface area contributed by atoms with Crippen LogP contribution >= 0.6 is 0 Å². The highest BCUT2D eigenvalue weighted by atomic mass is 19.1. The fourth-order valence-electron chi connectivity index (χ4n) is 3.16. The number of aromatic nitrogens is 2. The molecule has 4 rings (SSSR count). The third-order valence-corrected chi connectivity index (χ3v) is 4.45. The average Bonchev–Trinajstić information content (AvgIpc) is 3.21. The highest BCUT2D eigenvalue weighted by Gasteiger charge is 2.31. The summed E-state index contributed by atoms with van der Waals surface area (Å²) in [5, 5.41) is 19.0. The van der Waals surface area contributed by atoms with Gasteiger partial charge in [0, 0.05) is 5.69 Å². The molecule has 1 aliphatic rings. The Morgan fingerprint density at radius 2 is 2.18 bits per heavy atom. The van der Waals surface area contributed by atoms with Crippen molar-refractivity contribution in [3.63, 3.8) is 0 Å². The molecule has 3 N–H and O–H groups in total. The zero-order valence-electron chi connectivity index (χ0n) is 15.0. The first-order chi connectivity index (χ1) is 13.5. The summed E-state index contributed by atoms with van der Waals surface area (Å²) in [5.74, 6) is -0.581. The van der Waals surface area contributed by atoms with Crippen LogP contribution in [0, 0.1) is 11.2 Å². The molecule has 1 aliphatic heterocycles. The number of nitrogens with one attached hydrogen (secondary N) is 2. The lowest BCUT2D eigenvalue weighted by Crippen LogP contribution is -2.26. The Kier molecular flexibility index (Phi) is 4.31. The molecule has 0 saturated heterocycles. The molecule has 0 radical (unpaired) electrons. The van der Waals surface area contributed by atoms with E-state index >= 15 is 0 Å². The summed E-state index contributed by atoms with van der Waals surface area (Å²) in [6.45, 7) is 2.05. The van der Waals surface area contributed by atoms with Gasteiger partial charge in [-0.1, -0.05) is 6.07 Å². The van der Waals surface area contributed by atoms with Gasteiger partial charge in [0.2, 0.25) is 0 Å². The van der Waals surface area contributed by atoms with Crippen LogP contribution in [0.3, 0.4) is 0 Å². The molecule has 7 nitrogen and oxygen atoms in total. The van der Waals surface area contributed by atoms with E-state index in [-0.39, 0.29) is 36.1 Å². The summed E-state index contributed by atoms with van der Waals surface area (Å²) in [6, 6.07) is 10.8. The molecule has 2 heterocycles. The maximum atomic E-state index is 13.4. The molecule has 3 aromatic rings.